The van der Waals surface area contributed by atoms with Gasteiger partial charge in [-0.2, -0.15) is 0 Å². The van der Waals surface area contributed by atoms with Crippen molar-refractivity contribution in [3.8, 4) is 51.0 Å². The predicted octanol–water partition coefficient (Wildman–Crippen LogP) is 13.9. The van der Waals surface area contributed by atoms with E-state index in [2.05, 4.69) is 144 Å². The first kappa shape index (κ1) is 31.9. The molecule has 8 aromatic carbocycles. The molecule has 0 unspecified atom stereocenters. The van der Waals surface area contributed by atoms with Gasteiger partial charge in [-0.15, -0.1) is 11.3 Å². The van der Waals surface area contributed by atoms with Gasteiger partial charge in [-0.25, -0.2) is 15.0 Å². The molecule has 0 atom stereocenters. The molecule has 0 saturated heterocycles. The number of nitrogens with zero attached hydrogens (tertiary/aromatic N) is 4. The van der Waals surface area contributed by atoms with Crippen LogP contribution in [0.15, 0.2) is 186 Å². The van der Waals surface area contributed by atoms with Crippen LogP contribution >= 0.6 is 11.3 Å². The average molecular weight is 747 g/mol. The Balaban J connectivity index is 1.18. The summed E-state index contributed by atoms with van der Waals surface area (Å²) < 4.78 is 11.3. The number of rotatable bonds is 5. The maximum absolute atomic E-state index is 6.70. The standard InChI is InChI=1S/C51H30N4OS/c1-4-14-31(15-5-1)49-52-50(32-16-6-2-7-17-32)54-51(53-49)41-29-34(28-40-46-45(57-48(40)41)27-26-39-38-21-11-13-23-44(38)56-47(39)46)33-24-25-37-36-20-10-12-22-42(36)55(43(37)30-33)35-18-8-3-9-19-35/h1-30H. The molecule has 0 bridgehead atoms. The lowest BCUT2D eigenvalue weighted by molar-refractivity contribution is 0.673. The molecule has 0 aliphatic rings. The van der Waals surface area contributed by atoms with Crippen molar-refractivity contribution >= 4 is 75.3 Å². The van der Waals surface area contributed by atoms with E-state index in [4.69, 9.17) is 19.4 Å². The van der Waals surface area contributed by atoms with Crippen molar-refractivity contribution in [3.63, 3.8) is 0 Å². The van der Waals surface area contributed by atoms with E-state index in [-0.39, 0.29) is 0 Å². The summed E-state index contributed by atoms with van der Waals surface area (Å²) >= 11 is 1.76. The lowest BCUT2D eigenvalue weighted by Gasteiger charge is -2.12. The minimum atomic E-state index is 0.626. The summed E-state index contributed by atoms with van der Waals surface area (Å²) in [5, 5.41) is 6.87. The molecule has 266 valence electrons. The third-order valence-corrected chi connectivity index (χ3v) is 12.2. The molecule has 4 aromatic heterocycles. The number of furan rings is 1. The van der Waals surface area contributed by atoms with E-state index in [0.29, 0.717) is 17.5 Å². The monoisotopic (exact) mass is 746 g/mol. The van der Waals surface area contributed by atoms with Crippen molar-refractivity contribution in [1.82, 2.24) is 19.5 Å². The van der Waals surface area contributed by atoms with Gasteiger partial charge >= 0.3 is 0 Å². The predicted molar refractivity (Wildman–Crippen MR) is 236 cm³/mol. The van der Waals surface area contributed by atoms with Crippen molar-refractivity contribution in [2.45, 2.75) is 0 Å². The van der Waals surface area contributed by atoms with Gasteiger partial charge in [0.25, 0.3) is 0 Å². The average Bonchev–Trinajstić information content (AvgIpc) is 3.96. The first-order valence-electron chi connectivity index (χ1n) is 19.0. The molecular weight excluding hydrogens is 717 g/mol. The van der Waals surface area contributed by atoms with Gasteiger partial charge in [0.15, 0.2) is 17.5 Å². The third kappa shape index (κ3) is 5.04. The van der Waals surface area contributed by atoms with Gasteiger partial charge < -0.3 is 8.98 Å². The smallest absolute Gasteiger partial charge is 0.165 e. The maximum atomic E-state index is 6.70. The van der Waals surface area contributed by atoms with Gasteiger partial charge in [-0.3, -0.25) is 0 Å². The van der Waals surface area contributed by atoms with E-state index in [1.165, 1.54) is 16.3 Å². The minimum Gasteiger partial charge on any atom is -0.455 e. The minimum absolute atomic E-state index is 0.626. The number of aromatic nitrogens is 4. The molecule has 6 heteroatoms. The van der Waals surface area contributed by atoms with Crippen molar-refractivity contribution in [3.05, 3.63) is 182 Å². The molecule has 12 aromatic rings. The zero-order chi connectivity index (χ0) is 37.5. The fourth-order valence-electron chi connectivity index (χ4n) is 8.41. The molecule has 0 aliphatic heterocycles. The normalized spacial score (nSPS) is 11.9. The van der Waals surface area contributed by atoms with E-state index in [1.54, 1.807) is 11.3 Å². The van der Waals surface area contributed by atoms with Crippen LogP contribution in [0.1, 0.15) is 0 Å². The van der Waals surface area contributed by atoms with Crippen molar-refractivity contribution < 1.29 is 4.42 Å². The molecule has 0 amide bonds. The Morgan fingerprint density at radius 3 is 1.79 bits per heavy atom. The van der Waals surface area contributed by atoms with Crippen molar-refractivity contribution in [2.24, 2.45) is 0 Å². The molecule has 12 rings (SSSR count). The van der Waals surface area contributed by atoms with Crippen LogP contribution in [-0.2, 0) is 0 Å². The summed E-state index contributed by atoms with van der Waals surface area (Å²) in [6.07, 6.45) is 0. The van der Waals surface area contributed by atoms with Crippen molar-refractivity contribution in [1.29, 1.82) is 0 Å². The lowest BCUT2D eigenvalue weighted by Crippen LogP contribution is -2.00. The molecule has 57 heavy (non-hydrogen) atoms. The highest BCUT2D eigenvalue weighted by molar-refractivity contribution is 7.26. The quantitative estimate of drug-likeness (QED) is 0.176. The fraction of sp³-hybridized carbons (Fsp3) is 0. The molecule has 0 spiro atoms. The fourth-order valence-corrected chi connectivity index (χ4v) is 9.60. The van der Waals surface area contributed by atoms with Gasteiger partial charge in [0.1, 0.15) is 11.2 Å². The zero-order valence-electron chi connectivity index (χ0n) is 30.4. The van der Waals surface area contributed by atoms with E-state index in [9.17, 15) is 0 Å². The Hall–Kier alpha value is -7.41. The van der Waals surface area contributed by atoms with Crippen LogP contribution in [0.25, 0.3) is 115 Å². The number of para-hydroxylation sites is 3. The Bertz CT molecular complexity index is 3460. The van der Waals surface area contributed by atoms with E-state index in [0.717, 1.165) is 81.1 Å². The molecule has 4 heterocycles. The van der Waals surface area contributed by atoms with E-state index in [1.807, 2.05) is 42.5 Å². The Morgan fingerprint density at radius 2 is 1.04 bits per heavy atom. The summed E-state index contributed by atoms with van der Waals surface area (Å²) in [6.45, 7) is 0. The molecule has 5 nitrogen and oxygen atoms in total. The number of hydrogen-bond donors (Lipinski definition) is 0. The summed E-state index contributed by atoms with van der Waals surface area (Å²) in [7, 11) is 0. The molecular formula is C51H30N4OS. The number of benzene rings is 8. The molecule has 0 aliphatic carbocycles. The summed E-state index contributed by atoms with van der Waals surface area (Å²) in [5.41, 5.74) is 10.2. The number of hydrogen-bond acceptors (Lipinski definition) is 5. The topological polar surface area (TPSA) is 56.7 Å². The van der Waals surface area contributed by atoms with Gasteiger partial charge in [-0.1, -0.05) is 127 Å². The summed E-state index contributed by atoms with van der Waals surface area (Å²) in [6, 6.07) is 63.8. The van der Waals surface area contributed by atoms with Gasteiger partial charge in [0.2, 0.25) is 0 Å². The third-order valence-electron chi connectivity index (χ3n) is 11.0. The van der Waals surface area contributed by atoms with E-state index < -0.39 is 0 Å². The molecule has 0 saturated carbocycles. The highest BCUT2D eigenvalue weighted by Crippen LogP contribution is 2.47. The largest absolute Gasteiger partial charge is 0.455 e. The van der Waals surface area contributed by atoms with Crippen LogP contribution in [-0.4, -0.2) is 19.5 Å². The Labute approximate surface area is 330 Å². The second-order valence-electron chi connectivity index (χ2n) is 14.4. The molecule has 0 N–H and O–H groups in total. The maximum Gasteiger partial charge on any atom is 0.165 e. The molecule has 0 radical (unpaired) electrons. The van der Waals surface area contributed by atoms with Crippen LogP contribution in [0.3, 0.4) is 0 Å². The van der Waals surface area contributed by atoms with Crippen LogP contribution in [0.5, 0.6) is 0 Å². The van der Waals surface area contributed by atoms with Crippen molar-refractivity contribution in [2.75, 3.05) is 0 Å². The van der Waals surface area contributed by atoms with Gasteiger partial charge in [0, 0.05) is 64.1 Å². The lowest BCUT2D eigenvalue weighted by atomic mass is 9.97. The highest BCUT2D eigenvalue weighted by atomic mass is 32.1. The summed E-state index contributed by atoms with van der Waals surface area (Å²) in [5.74, 6) is 1.89. The zero-order valence-corrected chi connectivity index (χ0v) is 31.2. The first-order chi connectivity index (χ1) is 28.2. The second-order valence-corrected chi connectivity index (χ2v) is 15.4. The van der Waals surface area contributed by atoms with Crippen LogP contribution in [0.2, 0.25) is 0 Å². The second kappa shape index (κ2) is 12.6. The first-order valence-corrected chi connectivity index (χ1v) is 19.8. The number of fused-ring (bicyclic) bond motifs is 10. The van der Waals surface area contributed by atoms with Gasteiger partial charge in [0.05, 0.1) is 11.0 Å². The van der Waals surface area contributed by atoms with Gasteiger partial charge in [-0.05, 0) is 65.7 Å². The van der Waals surface area contributed by atoms with E-state index >= 15 is 0 Å². The Kier molecular flexibility index (Phi) is 7.03. The summed E-state index contributed by atoms with van der Waals surface area (Å²) in [4.78, 5) is 15.5. The molecule has 0 fully saturated rings. The Morgan fingerprint density at radius 1 is 0.421 bits per heavy atom. The number of thiophene rings is 1. The van der Waals surface area contributed by atoms with Crippen LogP contribution < -0.4 is 0 Å². The SMILES string of the molecule is c1ccc(-c2nc(-c3ccccc3)nc(-c3cc(-c4ccc5c6ccccc6n(-c6ccccc6)c5c4)cc4c3sc3ccc5c6ccccc6oc5c34)n2)cc1. The van der Waals surface area contributed by atoms with Crippen LogP contribution in [0.4, 0.5) is 0 Å². The highest BCUT2D eigenvalue weighted by Gasteiger charge is 2.22. The van der Waals surface area contributed by atoms with Crippen LogP contribution in [0, 0.1) is 0 Å².